The number of hydrogen-bond donors (Lipinski definition) is 2. The van der Waals surface area contributed by atoms with Crippen molar-refractivity contribution in [2.24, 2.45) is 11.8 Å². The number of aromatic hydroxyl groups is 1. The van der Waals surface area contributed by atoms with Gasteiger partial charge in [0.15, 0.2) is 0 Å². The standard InChI is InChI=1S/C14H20N2O2/c1-10-7-15-8-12(10)14(18)16(2)9-11-5-3-4-6-13(11)17/h3-6,10,12,15,17H,7-9H2,1-2H3. The molecule has 98 valence electrons. The summed E-state index contributed by atoms with van der Waals surface area (Å²) in [5.41, 5.74) is 0.784. The summed E-state index contributed by atoms with van der Waals surface area (Å²) in [6, 6.07) is 7.14. The van der Waals surface area contributed by atoms with Crippen LogP contribution in [0.25, 0.3) is 0 Å². The Kier molecular flexibility index (Phi) is 3.87. The molecule has 2 N–H and O–H groups in total. The summed E-state index contributed by atoms with van der Waals surface area (Å²) in [7, 11) is 1.79. The van der Waals surface area contributed by atoms with Crippen molar-refractivity contribution in [3.63, 3.8) is 0 Å². The third kappa shape index (κ3) is 2.64. The van der Waals surface area contributed by atoms with Crippen molar-refractivity contribution in [3.05, 3.63) is 29.8 Å². The molecule has 1 aromatic rings. The normalized spacial score (nSPS) is 23.0. The van der Waals surface area contributed by atoms with Crippen molar-refractivity contribution in [3.8, 4) is 5.75 Å². The van der Waals surface area contributed by atoms with Gasteiger partial charge in [0.1, 0.15) is 5.75 Å². The molecule has 1 aliphatic heterocycles. The molecular formula is C14H20N2O2. The van der Waals surface area contributed by atoms with Crippen LogP contribution in [0.5, 0.6) is 5.75 Å². The highest BCUT2D eigenvalue weighted by molar-refractivity contribution is 5.79. The van der Waals surface area contributed by atoms with E-state index in [0.717, 1.165) is 18.7 Å². The first kappa shape index (κ1) is 12.9. The monoisotopic (exact) mass is 248 g/mol. The molecule has 0 bridgehead atoms. The Morgan fingerprint density at radius 2 is 2.17 bits per heavy atom. The molecule has 4 heteroatoms. The maximum Gasteiger partial charge on any atom is 0.227 e. The lowest BCUT2D eigenvalue weighted by Crippen LogP contribution is -2.35. The zero-order valence-corrected chi connectivity index (χ0v) is 10.9. The maximum atomic E-state index is 12.3. The molecule has 1 saturated heterocycles. The molecule has 4 nitrogen and oxygen atoms in total. The number of rotatable bonds is 3. The van der Waals surface area contributed by atoms with Crippen molar-refractivity contribution in [2.75, 3.05) is 20.1 Å². The van der Waals surface area contributed by atoms with E-state index in [9.17, 15) is 9.90 Å². The summed E-state index contributed by atoms with van der Waals surface area (Å²) in [5.74, 6) is 0.829. The lowest BCUT2D eigenvalue weighted by molar-refractivity contribution is -0.135. The number of benzene rings is 1. The number of phenolic OH excluding ortho intramolecular Hbond substituents is 1. The molecule has 18 heavy (non-hydrogen) atoms. The highest BCUT2D eigenvalue weighted by Gasteiger charge is 2.31. The van der Waals surface area contributed by atoms with Crippen LogP contribution >= 0.6 is 0 Å². The van der Waals surface area contributed by atoms with Crippen LogP contribution in [0.4, 0.5) is 0 Å². The Morgan fingerprint density at radius 1 is 1.44 bits per heavy atom. The topological polar surface area (TPSA) is 52.6 Å². The van der Waals surface area contributed by atoms with E-state index in [1.54, 1.807) is 24.1 Å². The second-order valence-electron chi connectivity index (χ2n) is 5.07. The van der Waals surface area contributed by atoms with Crippen molar-refractivity contribution in [2.45, 2.75) is 13.5 Å². The fourth-order valence-corrected chi connectivity index (χ4v) is 2.40. The van der Waals surface area contributed by atoms with Gasteiger partial charge >= 0.3 is 0 Å². The fourth-order valence-electron chi connectivity index (χ4n) is 2.40. The van der Waals surface area contributed by atoms with Gasteiger partial charge < -0.3 is 15.3 Å². The van der Waals surface area contributed by atoms with Gasteiger partial charge in [-0.2, -0.15) is 0 Å². The summed E-state index contributed by atoms with van der Waals surface area (Å²) in [6.07, 6.45) is 0. The molecule has 0 radical (unpaired) electrons. The zero-order valence-electron chi connectivity index (χ0n) is 10.9. The molecule has 1 aliphatic rings. The van der Waals surface area contributed by atoms with E-state index in [-0.39, 0.29) is 17.6 Å². The number of hydrogen-bond acceptors (Lipinski definition) is 3. The summed E-state index contributed by atoms with van der Waals surface area (Å²) in [4.78, 5) is 14.0. The van der Waals surface area contributed by atoms with Gasteiger partial charge in [0.25, 0.3) is 0 Å². The maximum absolute atomic E-state index is 12.3. The average molecular weight is 248 g/mol. The van der Waals surface area contributed by atoms with E-state index in [1.807, 2.05) is 12.1 Å². The van der Waals surface area contributed by atoms with Crippen LogP contribution in [0.2, 0.25) is 0 Å². The summed E-state index contributed by atoms with van der Waals surface area (Å²) >= 11 is 0. The molecule has 1 fully saturated rings. The third-order valence-corrected chi connectivity index (χ3v) is 3.61. The molecule has 0 aromatic heterocycles. The van der Waals surface area contributed by atoms with Gasteiger partial charge in [-0.15, -0.1) is 0 Å². The summed E-state index contributed by atoms with van der Waals surface area (Å²) < 4.78 is 0. The predicted molar refractivity (Wildman–Crippen MR) is 70.1 cm³/mol. The van der Waals surface area contributed by atoms with Crippen LogP contribution in [0.1, 0.15) is 12.5 Å². The van der Waals surface area contributed by atoms with E-state index in [4.69, 9.17) is 0 Å². The van der Waals surface area contributed by atoms with E-state index in [0.29, 0.717) is 12.5 Å². The molecule has 1 heterocycles. The van der Waals surface area contributed by atoms with Crippen LogP contribution in [0.3, 0.4) is 0 Å². The SMILES string of the molecule is CC1CNCC1C(=O)N(C)Cc1ccccc1O. The van der Waals surface area contributed by atoms with Crippen molar-refractivity contribution >= 4 is 5.91 Å². The quantitative estimate of drug-likeness (QED) is 0.845. The Hall–Kier alpha value is -1.55. The second kappa shape index (κ2) is 5.40. The summed E-state index contributed by atoms with van der Waals surface area (Å²) in [5, 5.41) is 12.9. The first-order valence-corrected chi connectivity index (χ1v) is 6.32. The van der Waals surface area contributed by atoms with Crippen molar-refractivity contribution in [1.29, 1.82) is 0 Å². The van der Waals surface area contributed by atoms with E-state index < -0.39 is 0 Å². The molecule has 1 aromatic carbocycles. The number of phenols is 1. The second-order valence-corrected chi connectivity index (χ2v) is 5.07. The largest absolute Gasteiger partial charge is 0.508 e. The van der Waals surface area contributed by atoms with E-state index in [1.165, 1.54) is 0 Å². The minimum atomic E-state index is 0.0563. The van der Waals surface area contributed by atoms with E-state index in [2.05, 4.69) is 12.2 Å². The number of nitrogens with zero attached hydrogens (tertiary/aromatic N) is 1. The molecule has 2 atom stereocenters. The number of carbonyl (C=O) groups is 1. The van der Waals surface area contributed by atoms with Crippen molar-refractivity contribution in [1.82, 2.24) is 10.2 Å². The Balaban J connectivity index is 2.01. The highest BCUT2D eigenvalue weighted by Crippen LogP contribution is 2.21. The lowest BCUT2D eigenvalue weighted by Gasteiger charge is -2.23. The van der Waals surface area contributed by atoms with Crippen LogP contribution in [-0.2, 0) is 11.3 Å². The molecule has 1 amide bonds. The van der Waals surface area contributed by atoms with Crippen molar-refractivity contribution < 1.29 is 9.90 Å². The van der Waals surface area contributed by atoms with Gasteiger partial charge in [-0.1, -0.05) is 25.1 Å². The third-order valence-electron chi connectivity index (χ3n) is 3.61. The first-order chi connectivity index (χ1) is 8.59. The van der Waals surface area contributed by atoms with Crippen LogP contribution in [0, 0.1) is 11.8 Å². The molecule has 0 spiro atoms. The predicted octanol–water partition coefficient (Wildman–Crippen LogP) is 1.21. The van der Waals surface area contributed by atoms with Gasteiger partial charge in [-0.3, -0.25) is 4.79 Å². The minimum Gasteiger partial charge on any atom is -0.508 e. The first-order valence-electron chi connectivity index (χ1n) is 6.32. The number of para-hydroxylation sites is 1. The van der Waals surface area contributed by atoms with Gasteiger partial charge in [-0.25, -0.2) is 0 Å². The lowest BCUT2D eigenvalue weighted by atomic mass is 9.96. The van der Waals surface area contributed by atoms with E-state index >= 15 is 0 Å². The van der Waals surface area contributed by atoms with Gasteiger partial charge in [-0.05, 0) is 18.5 Å². The smallest absolute Gasteiger partial charge is 0.227 e. The number of carbonyl (C=O) groups excluding carboxylic acids is 1. The molecule has 2 unspecified atom stereocenters. The van der Waals surface area contributed by atoms with Crippen LogP contribution < -0.4 is 5.32 Å². The Morgan fingerprint density at radius 3 is 2.78 bits per heavy atom. The summed E-state index contributed by atoms with van der Waals surface area (Å²) in [6.45, 7) is 4.21. The highest BCUT2D eigenvalue weighted by atomic mass is 16.3. The fraction of sp³-hybridized carbons (Fsp3) is 0.500. The molecule has 0 saturated carbocycles. The minimum absolute atomic E-state index is 0.0563. The molecule has 2 rings (SSSR count). The molecule has 0 aliphatic carbocycles. The Labute approximate surface area is 108 Å². The number of amides is 1. The van der Waals surface area contributed by atoms with Gasteiger partial charge in [0, 0.05) is 25.7 Å². The van der Waals surface area contributed by atoms with Crippen LogP contribution in [-0.4, -0.2) is 36.1 Å². The Bertz CT molecular complexity index is 434. The van der Waals surface area contributed by atoms with Gasteiger partial charge in [0.05, 0.1) is 5.92 Å². The zero-order chi connectivity index (χ0) is 13.1. The van der Waals surface area contributed by atoms with Crippen LogP contribution in [0.15, 0.2) is 24.3 Å². The van der Waals surface area contributed by atoms with Gasteiger partial charge in [0.2, 0.25) is 5.91 Å². The number of nitrogens with one attached hydrogen (secondary N) is 1. The average Bonchev–Trinajstić information content (AvgIpc) is 2.77. The molecular weight excluding hydrogens is 228 g/mol.